The first kappa shape index (κ1) is 20.8. The molecule has 30 heavy (non-hydrogen) atoms. The third kappa shape index (κ3) is 5.78. The van der Waals surface area contributed by atoms with E-state index in [-0.39, 0.29) is 12.3 Å². The van der Waals surface area contributed by atoms with E-state index < -0.39 is 24.4 Å². The Kier molecular flexibility index (Phi) is 6.95. The Morgan fingerprint density at radius 2 is 1.33 bits per heavy atom. The third-order valence-corrected chi connectivity index (χ3v) is 4.59. The summed E-state index contributed by atoms with van der Waals surface area (Å²) in [6.07, 6.45) is 0.120. The van der Waals surface area contributed by atoms with Crippen molar-refractivity contribution in [3.05, 3.63) is 102 Å². The van der Waals surface area contributed by atoms with Gasteiger partial charge in [-0.2, -0.15) is 0 Å². The number of rotatable bonds is 8. The molecular formula is C24H22N2O4. The van der Waals surface area contributed by atoms with Gasteiger partial charge < -0.3 is 15.8 Å². The monoisotopic (exact) mass is 402 g/mol. The van der Waals surface area contributed by atoms with Crippen molar-refractivity contribution < 1.29 is 19.1 Å². The van der Waals surface area contributed by atoms with Crippen LogP contribution < -0.4 is 11.1 Å². The molecule has 0 spiro atoms. The van der Waals surface area contributed by atoms with Crippen LogP contribution in [-0.4, -0.2) is 24.4 Å². The lowest BCUT2D eigenvalue weighted by Gasteiger charge is -2.17. The van der Waals surface area contributed by atoms with Gasteiger partial charge in [-0.3, -0.25) is 14.4 Å². The number of nitrogens with one attached hydrogen (secondary N) is 1. The molecule has 152 valence electrons. The average molecular weight is 402 g/mol. The van der Waals surface area contributed by atoms with Gasteiger partial charge in [0.25, 0.3) is 5.91 Å². The fourth-order valence-corrected chi connectivity index (χ4v) is 3.09. The number of nitrogens with two attached hydrogens (primary N) is 1. The van der Waals surface area contributed by atoms with Crippen molar-refractivity contribution in [2.45, 2.75) is 12.3 Å². The van der Waals surface area contributed by atoms with E-state index in [2.05, 4.69) is 5.32 Å². The Labute approximate surface area is 174 Å². The molecule has 0 radical (unpaired) electrons. The minimum atomic E-state index is -0.548. The maximum atomic E-state index is 12.4. The van der Waals surface area contributed by atoms with Crippen molar-refractivity contribution in [2.24, 2.45) is 5.73 Å². The Bertz CT molecular complexity index is 963. The molecular weight excluding hydrogens is 380 g/mol. The molecule has 0 aromatic heterocycles. The van der Waals surface area contributed by atoms with Crippen LogP contribution in [0.3, 0.4) is 0 Å². The highest BCUT2D eigenvalue weighted by atomic mass is 16.5. The van der Waals surface area contributed by atoms with Gasteiger partial charge in [-0.25, -0.2) is 0 Å². The summed E-state index contributed by atoms with van der Waals surface area (Å²) < 4.78 is 5.19. The van der Waals surface area contributed by atoms with E-state index in [0.29, 0.717) is 11.3 Å². The molecule has 0 heterocycles. The van der Waals surface area contributed by atoms with Crippen LogP contribution in [0.25, 0.3) is 0 Å². The van der Waals surface area contributed by atoms with E-state index >= 15 is 0 Å². The van der Waals surface area contributed by atoms with E-state index in [1.807, 2.05) is 60.7 Å². The number of esters is 1. The number of benzene rings is 3. The van der Waals surface area contributed by atoms with E-state index in [4.69, 9.17) is 10.5 Å². The van der Waals surface area contributed by atoms with Crippen LogP contribution in [0.5, 0.6) is 0 Å². The van der Waals surface area contributed by atoms with Crippen LogP contribution in [-0.2, 0) is 14.3 Å². The van der Waals surface area contributed by atoms with Crippen LogP contribution in [0.4, 0.5) is 5.69 Å². The highest BCUT2D eigenvalue weighted by Crippen LogP contribution is 2.28. The molecule has 3 aromatic rings. The van der Waals surface area contributed by atoms with E-state index in [0.717, 1.165) is 11.1 Å². The molecule has 0 unspecified atom stereocenters. The van der Waals surface area contributed by atoms with Gasteiger partial charge in [0.2, 0.25) is 5.91 Å². The number of anilines is 1. The molecule has 0 atom stereocenters. The minimum absolute atomic E-state index is 0.120. The van der Waals surface area contributed by atoms with Crippen molar-refractivity contribution in [3.8, 4) is 0 Å². The van der Waals surface area contributed by atoms with Crippen molar-refractivity contribution in [1.29, 1.82) is 0 Å². The Hall–Kier alpha value is -3.93. The summed E-state index contributed by atoms with van der Waals surface area (Å²) in [5.41, 5.74) is 8.00. The topological polar surface area (TPSA) is 98.5 Å². The van der Waals surface area contributed by atoms with Gasteiger partial charge in [0.05, 0.1) is 6.42 Å². The predicted octanol–water partition coefficient (Wildman–Crippen LogP) is 3.49. The Morgan fingerprint density at radius 1 is 0.800 bits per heavy atom. The highest BCUT2D eigenvalue weighted by Gasteiger charge is 2.19. The van der Waals surface area contributed by atoms with Gasteiger partial charge in [0.1, 0.15) is 0 Å². The summed E-state index contributed by atoms with van der Waals surface area (Å²) in [6.45, 7) is -0.396. The van der Waals surface area contributed by atoms with Gasteiger partial charge >= 0.3 is 5.97 Å². The zero-order valence-corrected chi connectivity index (χ0v) is 16.3. The first-order valence-electron chi connectivity index (χ1n) is 9.48. The molecule has 3 aromatic carbocycles. The standard InChI is InChI=1S/C24H22N2O4/c25-24(29)19-11-13-20(14-12-19)26-22(27)16-30-23(28)15-21(17-7-3-1-4-8-17)18-9-5-2-6-10-18/h1-14,21H,15-16H2,(H2,25,29)(H,26,27). The maximum Gasteiger partial charge on any atom is 0.307 e. The molecule has 6 nitrogen and oxygen atoms in total. The molecule has 0 aliphatic heterocycles. The third-order valence-electron chi connectivity index (χ3n) is 4.59. The van der Waals surface area contributed by atoms with Gasteiger partial charge in [0.15, 0.2) is 6.61 Å². The second-order valence-electron chi connectivity index (χ2n) is 6.73. The lowest BCUT2D eigenvalue weighted by atomic mass is 9.89. The van der Waals surface area contributed by atoms with Crippen molar-refractivity contribution >= 4 is 23.5 Å². The molecule has 0 fully saturated rings. The van der Waals surface area contributed by atoms with Crippen LogP contribution in [0, 0.1) is 0 Å². The number of amides is 2. The SMILES string of the molecule is NC(=O)c1ccc(NC(=O)COC(=O)CC(c2ccccc2)c2ccccc2)cc1. The molecule has 0 aliphatic carbocycles. The lowest BCUT2D eigenvalue weighted by molar-refractivity contribution is -0.147. The number of primary amides is 1. The lowest BCUT2D eigenvalue weighted by Crippen LogP contribution is -2.22. The highest BCUT2D eigenvalue weighted by molar-refractivity contribution is 5.95. The summed E-state index contributed by atoms with van der Waals surface area (Å²) in [5, 5.41) is 2.61. The Balaban J connectivity index is 1.57. The van der Waals surface area contributed by atoms with E-state index in [9.17, 15) is 14.4 Å². The number of hydrogen-bond donors (Lipinski definition) is 2. The van der Waals surface area contributed by atoms with Gasteiger partial charge in [-0.1, -0.05) is 60.7 Å². The number of carbonyl (C=O) groups is 3. The quantitative estimate of drug-likeness (QED) is 0.564. The molecule has 0 bridgehead atoms. The first-order valence-corrected chi connectivity index (χ1v) is 9.48. The molecule has 0 saturated heterocycles. The molecule has 2 amide bonds. The largest absolute Gasteiger partial charge is 0.456 e. The van der Waals surface area contributed by atoms with Crippen molar-refractivity contribution in [1.82, 2.24) is 0 Å². The van der Waals surface area contributed by atoms with Crippen LogP contribution in [0.1, 0.15) is 33.8 Å². The smallest absolute Gasteiger partial charge is 0.307 e. The predicted molar refractivity (Wildman–Crippen MR) is 114 cm³/mol. The summed E-state index contributed by atoms with van der Waals surface area (Å²) >= 11 is 0. The van der Waals surface area contributed by atoms with Gasteiger partial charge in [-0.05, 0) is 35.4 Å². The molecule has 6 heteroatoms. The fourth-order valence-electron chi connectivity index (χ4n) is 3.09. The summed E-state index contributed by atoms with van der Waals surface area (Å²) in [6, 6.07) is 25.5. The summed E-state index contributed by atoms with van der Waals surface area (Å²) in [5.74, 6) is -1.64. The number of hydrogen-bond acceptors (Lipinski definition) is 4. The minimum Gasteiger partial charge on any atom is -0.456 e. The summed E-state index contributed by atoms with van der Waals surface area (Å²) in [4.78, 5) is 35.6. The first-order chi connectivity index (χ1) is 14.5. The van der Waals surface area contributed by atoms with Crippen LogP contribution in [0.15, 0.2) is 84.9 Å². The van der Waals surface area contributed by atoms with E-state index in [1.54, 1.807) is 12.1 Å². The van der Waals surface area contributed by atoms with Crippen molar-refractivity contribution in [2.75, 3.05) is 11.9 Å². The van der Waals surface area contributed by atoms with E-state index in [1.165, 1.54) is 12.1 Å². The van der Waals surface area contributed by atoms with Gasteiger partial charge in [0, 0.05) is 17.2 Å². The zero-order chi connectivity index (χ0) is 21.3. The molecule has 3 N–H and O–H groups in total. The Morgan fingerprint density at radius 3 is 1.83 bits per heavy atom. The normalized spacial score (nSPS) is 10.4. The second-order valence-corrected chi connectivity index (χ2v) is 6.73. The fraction of sp³-hybridized carbons (Fsp3) is 0.125. The number of ether oxygens (including phenoxy) is 1. The zero-order valence-electron chi connectivity index (χ0n) is 16.3. The summed E-state index contributed by atoms with van der Waals surface area (Å²) in [7, 11) is 0. The molecule has 0 saturated carbocycles. The van der Waals surface area contributed by atoms with Gasteiger partial charge in [-0.15, -0.1) is 0 Å². The van der Waals surface area contributed by atoms with Crippen LogP contribution in [0.2, 0.25) is 0 Å². The van der Waals surface area contributed by atoms with Crippen LogP contribution >= 0.6 is 0 Å². The molecule has 3 rings (SSSR count). The number of carbonyl (C=O) groups excluding carboxylic acids is 3. The second kappa shape index (κ2) is 10.0. The molecule has 0 aliphatic rings. The van der Waals surface area contributed by atoms with Crippen molar-refractivity contribution in [3.63, 3.8) is 0 Å². The average Bonchev–Trinajstić information content (AvgIpc) is 2.77. The maximum absolute atomic E-state index is 12.4.